The number of aliphatic hydroxyl groups excluding tert-OH is 2. The van der Waals surface area contributed by atoms with Gasteiger partial charge in [0.1, 0.15) is 12.4 Å². The van der Waals surface area contributed by atoms with Crippen molar-refractivity contribution in [3.8, 4) is 28.3 Å². The third-order valence-corrected chi connectivity index (χ3v) is 5.37. The molecule has 0 fully saturated rings. The number of nitrogens with zero attached hydrogens (tertiary/aromatic N) is 2. The van der Waals surface area contributed by atoms with Crippen LogP contribution in [0.5, 0.6) is 5.75 Å². The minimum atomic E-state index is 0.0136. The first-order valence-electron chi connectivity index (χ1n) is 13.0. The summed E-state index contributed by atoms with van der Waals surface area (Å²) in [5.74, 6) is 0.674. The van der Waals surface area contributed by atoms with Gasteiger partial charge in [-0.25, -0.2) is 0 Å². The van der Waals surface area contributed by atoms with Gasteiger partial charge in [-0.1, -0.05) is 24.3 Å². The predicted octanol–water partition coefficient (Wildman–Crippen LogP) is 2.76. The Morgan fingerprint density at radius 1 is 0.538 bits per heavy atom. The van der Waals surface area contributed by atoms with Gasteiger partial charge in [-0.15, -0.1) is 0 Å². The molecule has 2 N–H and O–H groups in total. The summed E-state index contributed by atoms with van der Waals surface area (Å²) in [6.45, 7) is 4.82. The highest BCUT2D eigenvalue weighted by Gasteiger charge is 2.05. The molecule has 2 heterocycles. The number of hydrogen-bond donors (Lipinski definition) is 2. The Bertz CT molecular complexity index is 1030. The molecule has 10 heteroatoms. The molecule has 3 rings (SSSR count). The molecule has 0 amide bonds. The monoisotopic (exact) mass is 542 g/mol. The van der Waals surface area contributed by atoms with Crippen LogP contribution in [0.3, 0.4) is 0 Å². The zero-order chi connectivity index (χ0) is 27.4. The Morgan fingerprint density at radius 3 is 1.62 bits per heavy atom. The van der Waals surface area contributed by atoms with Crippen LogP contribution in [0.25, 0.3) is 22.5 Å². The molecule has 0 unspecified atom stereocenters. The zero-order valence-corrected chi connectivity index (χ0v) is 22.2. The van der Waals surface area contributed by atoms with Crippen molar-refractivity contribution in [1.82, 2.24) is 9.97 Å². The molecule has 10 nitrogen and oxygen atoms in total. The summed E-state index contributed by atoms with van der Waals surface area (Å²) < 4.78 is 32.4. The second-order valence-corrected chi connectivity index (χ2v) is 8.31. The third-order valence-electron chi connectivity index (χ3n) is 5.37. The van der Waals surface area contributed by atoms with E-state index in [1.165, 1.54) is 0 Å². The highest BCUT2D eigenvalue weighted by atomic mass is 16.6. The summed E-state index contributed by atoms with van der Waals surface area (Å²) in [5.41, 5.74) is 4.68. The van der Waals surface area contributed by atoms with Crippen molar-refractivity contribution >= 4 is 0 Å². The Labute approximate surface area is 229 Å². The Hall–Kier alpha value is -2.96. The first-order valence-corrected chi connectivity index (χ1v) is 13.0. The van der Waals surface area contributed by atoms with Gasteiger partial charge in [0.2, 0.25) is 0 Å². The van der Waals surface area contributed by atoms with E-state index < -0.39 is 0 Å². The van der Waals surface area contributed by atoms with Crippen LogP contribution >= 0.6 is 0 Å². The summed E-state index contributed by atoms with van der Waals surface area (Å²) in [6, 6.07) is 15.9. The van der Waals surface area contributed by atoms with Crippen molar-refractivity contribution in [2.45, 2.75) is 6.61 Å². The van der Waals surface area contributed by atoms with Gasteiger partial charge in [0, 0.05) is 17.3 Å². The average Bonchev–Trinajstić information content (AvgIpc) is 2.98. The lowest BCUT2D eigenvalue weighted by atomic mass is 10.0. The molecule has 0 bridgehead atoms. The maximum absolute atomic E-state index is 8.65. The van der Waals surface area contributed by atoms with E-state index in [1.54, 1.807) is 6.20 Å². The van der Waals surface area contributed by atoms with Crippen LogP contribution in [0.15, 0.2) is 60.9 Å². The van der Waals surface area contributed by atoms with Crippen LogP contribution in [0.1, 0.15) is 5.56 Å². The molecule has 0 spiro atoms. The van der Waals surface area contributed by atoms with E-state index in [-0.39, 0.29) is 13.2 Å². The van der Waals surface area contributed by atoms with Crippen molar-refractivity contribution in [3.63, 3.8) is 0 Å². The lowest BCUT2D eigenvalue weighted by Crippen LogP contribution is -2.12. The van der Waals surface area contributed by atoms with E-state index in [0.717, 1.165) is 28.1 Å². The molecule has 0 aliphatic carbocycles. The van der Waals surface area contributed by atoms with Gasteiger partial charge in [-0.05, 0) is 29.8 Å². The maximum atomic E-state index is 8.65. The third kappa shape index (κ3) is 12.2. The van der Waals surface area contributed by atoms with Crippen LogP contribution in [0, 0.1) is 0 Å². The van der Waals surface area contributed by atoms with E-state index in [0.29, 0.717) is 78.4 Å². The predicted molar refractivity (Wildman–Crippen MR) is 146 cm³/mol. The molecule has 3 aromatic rings. The second-order valence-electron chi connectivity index (χ2n) is 8.31. The van der Waals surface area contributed by atoms with Crippen LogP contribution in [-0.4, -0.2) is 99.5 Å². The van der Waals surface area contributed by atoms with Crippen molar-refractivity contribution in [2.24, 2.45) is 0 Å². The SMILES string of the molecule is OCCOCCOCCOCc1ccc(-c2cccc(-c3ccc(OCCOCCOCCO)cn3)c2)nc1. The molecule has 0 atom stereocenters. The normalized spacial score (nSPS) is 11.1. The molecule has 2 aromatic heterocycles. The molecule has 0 saturated heterocycles. The van der Waals surface area contributed by atoms with E-state index >= 15 is 0 Å². The van der Waals surface area contributed by atoms with Crippen molar-refractivity contribution < 1.29 is 38.6 Å². The number of aliphatic hydroxyl groups is 2. The van der Waals surface area contributed by atoms with Crippen molar-refractivity contribution in [2.75, 3.05) is 79.3 Å². The summed E-state index contributed by atoms with van der Waals surface area (Å²) >= 11 is 0. The molecule has 0 saturated carbocycles. The number of benzene rings is 1. The highest BCUT2D eigenvalue weighted by Crippen LogP contribution is 2.25. The van der Waals surface area contributed by atoms with Crippen LogP contribution in [-0.2, 0) is 30.3 Å². The number of pyridine rings is 2. The number of aromatic nitrogens is 2. The van der Waals surface area contributed by atoms with Gasteiger partial charge in [0.25, 0.3) is 0 Å². The molecule has 212 valence electrons. The second kappa shape index (κ2) is 19.2. The molecule has 0 radical (unpaired) electrons. The fourth-order valence-corrected chi connectivity index (χ4v) is 3.45. The summed E-state index contributed by atoms with van der Waals surface area (Å²) in [4.78, 5) is 9.15. The average molecular weight is 543 g/mol. The van der Waals surface area contributed by atoms with E-state index in [4.69, 9.17) is 38.6 Å². The first kappa shape index (κ1) is 30.6. The minimum absolute atomic E-state index is 0.0136. The largest absolute Gasteiger partial charge is 0.490 e. The number of hydrogen-bond acceptors (Lipinski definition) is 10. The van der Waals surface area contributed by atoms with Gasteiger partial charge in [-0.3, -0.25) is 9.97 Å². The molecule has 39 heavy (non-hydrogen) atoms. The zero-order valence-electron chi connectivity index (χ0n) is 22.2. The van der Waals surface area contributed by atoms with Crippen LogP contribution < -0.4 is 4.74 Å². The molecule has 0 aliphatic heterocycles. The van der Waals surface area contributed by atoms with Crippen LogP contribution in [0.2, 0.25) is 0 Å². The lowest BCUT2D eigenvalue weighted by Gasteiger charge is -2.09. The first-order chi connectivity index (χ1) is 19.3. The van der Waals surface area contributed by atoms with Gasteiger partial charge >= 0.3 is 0 Å². The summed E-state index contributed by atoms with van der Waals surface area (Å²) in [5, 5.41) is 17.3. The molecule has 1 aromatic carbocycles. The van der Waals surface area contributed by atoms with Gasteiger partial charge in [0.15, 0.2) is 0 Å². The van der Waals surface area contributed by atoms with E-state index in [1.807, 2.05) is 48.7 Å². The standard InChI is InChI=1S/C29H38N2O8/c32-8-10-34-12-14-36-16-17-38-23-24-4-6-28(30-21-24)25-2-1-3-26(20-25)29-7-5-27(22-31-29)39-19-18-37-15-13-35-11-9-33/h1-7,20-22,32-33H,8-19,23H2. The van der Waals surface area contributed by atoms with Gasteiger partial charge in [-0.2, -0.15) is 0 Å². The molecule has 0 aliphatic rings. The highest BCUT2D eigenvalue weighted by molar-refractivity contribution is 5.69. The van der Waals surface area contributed by atoms with Crippen LogP contribution in [0.4, 0.5) is 0 Å². The fraction of sp³-hybridized carbons (Fsp3) is 0.448. The fourth-order valence-electron chi connectivity index (χ4n) is 3.45. The smallest absolute Gasteiger partial charge is 0.137 e. The number of rotatable bonds is 21. The molecular weight excluding hydrogens is 504 g/mol. The Kier molecular flexibility index (Phi) is 15.0. The Morgan fingerprint density at radius 2 is 1.08 bits per heavy atom. The maximum Gasteiger partial charge on any atom is 0.137 e. The van der Waals surface area contributed by atoms with E-state index in [2.05, 4.69) is 16.0 Å². The summed E-state index contributed by atoms with van der Waals surface area (Å²) in [6.07, 6.45) is 3.53. The van der Waals surface area contributed by atoms with Gasteiger partial charge in [0.05, 0.1) is 96.9 Å². The van der Waals surface area contributed by atoms with Crippen molar-refractivity contribution in [3.05, 3.63) is 66.5 Å². The number of ether oxygens (including phenoxy) is 6. The Balaban J connectivity index is 1.39. The summed E-state index contributed by atoms with van der Waals surface area (Å²) in [7, 11) is 0. The van der Waals surface area contributed by atoms with Crippen molar-refractivity contribution in [1.29, 1.82) is 0 Å². The quantitative estimate of drug-likeness (QED) is 0.194. The molecular formula is C29H38N2O8. The van der Waals surface area contributed by atoms with E-state index in [9.17, 15) is 0 Å². The minimum Gasteiger partial charge on any atom is -0.490 e. The topological polar surface area (TPSA) is 122 Å². The lowest BCUT2D eigenvalue weighted by molar-refractivity contribution is 0.00447. The van der Waals surface area contributed by atoms with Gasteiger partial charge < -0.3 is 38.6 Å².